The Labute approximate surface area is 55.5 Å². The zero-order valence-corrected chi connectivity index (χ0v) is 5.75. The van der Waals surface area contributed by atoms with Crippen LogP contribution in [0, 0.1) is 5.92 Å². The summed E-state index contributed by atoms with van der Waals surface area (Å²) in [6.07, 6.45) is 1.94. The maximum Gasteiger partial charge on any atom is 0.0824 e. The molecule has 1 rings (SSSR count). The van der Waals surface area contributed by atoms with Crippen molar-refractivity contribution in [2.75, 3.05) is 0 Å². The van der Waals surface area contributed by atoms with Crippen LogP contribution in [0.25, 0.3) is 0 Å². The minimum Gasteiger partial charge on any atom is -0.390 e. The van der Waals surface area contributed by atoms with E-state index in [1.54, 1.807) is 0 Å². The summed E-state index contributed by atoms with van der Waals surface area (Å²) in [7, 11) is 0. The van der Waals surface area contributed by atoms with Gasteiger partial charge in [0.1, 0.15) is 0 Å². The minimum absolute atomic E-state index is 0.286. The SMILES string of the molecule is C[C@H]1CCCC(O)C1O. The van der Waals surface area contributed by atoms with E-state index in [0.717, 1.165) is 19.3 Å². The van der Waals surface area contributed by atoms with Crippen LogP contribution in [0.4, 0.5) is 0 Å². The van der Waals surface area contributed by atoms with Gasteiger partial charge in [-0.3, -0.25) is 0 Å². The van der Waals surface area contributed by atoms with Gasteiger partial charge in [0.05, 0.1) is 12.2 Å². The predicted octanol–water partition coefficient (Wildman–Crippen LogP) is 0.528. The maximum atomic E-state index is 9.20. The Hall–Kier alpha value is -0.0800. The number of aliphatic hydroxyl groups is 2. The zero-order valence-electron chi connectivity index (χ0n) is 5.75. The molecule has 0 aliphatic heterocycles. The van der Waals surface area contributed by atoms with Gasteiger partial charge < -0.3 is 10.2 Å². The van der Waals surface area contributed by atoms with Gasteiger partial charge in [-0.2, -0.15) is 0 Å². The molecule has 54 valence electrons. The first-order chi connectivity index (χ1) is 4.22. The molecule has 1 aliphatic carbocycles. The smallest absolute Gasteiger partial charge is 0.0824 e. The third-order valence-electron chi connectivity index (χ3n) is 2.14. The summed E-state index contributed by atoms with van der Waals surface area (Å²) in [5, 5.41) is 18.3. The van der Waals surface area contributed by atoms with Crippen molar-refractivity contribution < 1.29 is 10.2 Å². The lowest BCUT2D eigenvalue weighted by Gasteiger charge is -2.28. The lowest BCUT2D eigenvalue weighted by atomic mass is 9.86. The van der Waals surface area contributed by atoms with Crippen molar-refractivity contribution in [3.8, 4) is 0 Å². The molecule has 1 fully saturated rings. The molecule has 0 amide bonds. The molecule has 2 heteroatoms. The van der Waals surface area contributed by atoms with Gasteiger partial charge in [0.25, 0.3) is 0 Å². The Balaban J connectivity index is 2.41. The van der Waals surface area contributed by atoms with Crippen molar-refractivity contribution in [2.24, 2.45) is 5.92 Å². The molecule has 1 saturated carbocycles. The Morgan fingerprint density at radius 1 is 1.22 bits per heavy atom. The first-order valence-corrected chi connectivity index (χ1v) is 3.58. The summed E-state index contributed by atoms with van der Waals surface area (Å²) < 4.78 is 0. The van der Waals surface area contributed by atoms with Gasteiger partial charge in [-0.05, 0) is 18.8 Å². The average molecular weight is 130 g/mol. The molecule has 1 aliphatic rings. The van der Waals surface area contributed by atoms with Crippen LogP contribution in [-0.2, 0) is 0 Å². The number of hydrogen-bond acceptors (Lipinski definition) is 2. The van der Waals surface area contributed by atoms with E-state index < -0.39 is 12.2 Å². The van der Waals surface area contributed by atoms with Gasteiger partial charge in [0.2, 0.25) is 0 Å². The maximum absolute atomic E-state index is 9.20. The second kappa shape index (κ2) is 2.67. The highest BCUT2D eigenvalue weighted by atomic mass is 16.3. The van der Waals surface area contributed by atoms with Crippen molar-refractivity contribution in [1.82, 2.24) is 0 Å². The molecule has 0 aromatic heterocycles. The Morgan fingerprint density at radius 2 is 1.89 bits per heavy atom. The lowest BCUT2D eigenvalue weighted by Crippen LogP contribution is -2.35. The number of hydrogen-bond donors (Lipinski definition) is 2. The molecule has 2 N–H and O–H groups in total. The molecular weight excluding hydrogens is 116 g/mol. The van der Waals surface area contributed by atoms with E-state index >= 15 is 0 Å². The number of aliphatic hydroxyl groups excluding tert-OH is 2. The number of rotatable bonds is 0. The van der Waals surface area contributed by atoms with E-state index in [1.807, 2.05) is 6.92 Å². The monoisotopic (exact) mass is 130 g/mol. The normalized spacial score (nSPS) is 45.0. The van der Waals surface area contributed by atoms with Gasteiger partial charge in [-0.15, -0.1) is 0 Å². The van der Waals surface area contributed by atoms with E-state index in [2.05, 4.69) is 0 Å². The Bertz CT molecular complexity index is 82.9. The summed E-state index contributed by atoms with van der Waals surface area (Å²) in [6, 6.07) is 0. The third-order valence-corrected chi connectivity index (χ3v) is 2.14. The summed E-state index contributed by atoms with van der Waals surface area (Å²) >= 11 is 0. The van der Waals surface area contributed by atoms with Crippen LogP contribution in [0.3, 0.4) is 0 Å². The van der Waals surface area contributed by atoms with E-state index in [4.69, 9.17) is 5.11 Å². The van der Waals surface area contributed by atoms with Gasteiger partial charge in [-0.25, -0.2) is 0 Å². The zero-order chi connectivity index (χ0) is 6.85. The second-order valence-corrected chi connectivity index (χ2v) is 2.97. The Morgan fingerprint density at radius 3 is 2.33 bits per heavy atom. The van der Waals surface area contributed by atoms with Crippen LogP contribution in [0.1, 0.15) is 26.2 Å². The standard InChI is InChI=1S/C7H14O2/c1-5-3-2-4-6(8)7(5)9/h5-9H,2-4H2,1H3/t5-,6?,7?/m0/s1. The van der Waals surface area contributed by atoms with E-state index in [-0.39, 0.29) is 5.92 Å². The van der Waals surface area contributed by atoms with Crippen LogP contribution >= 0.6 is 0 Å². The van der Waals surface area contributed by atoms with E-state index in [9.17, 15) is 5.11 Å². The first kappa shape index (κ1) is 7.03. The molecule has 0 bridgehead atoms. The highest BCUT2D eigenvalue weighted by molar-refractivity contribution is 4.78. The van der Waals surface area contributed by atoms with Crippen molar-refractivity contribution in [3.05, 3.63) is 0 Å². The lowest BCUT2D eigenvalue weighted by molar-refractivity contribution is -0.0391. The molecule has 2 unspecified atom stereocenters. The average Bonchev–Trinajstić information content (AvgIpc) is 1.83. The van der Waals surface area contributed by atoms with Gasteiger partial charge in [0.15, 0.2) is 0 Å². The van der Waals surface area contributed by atoms with E-state index in [1.165, 1.54) is 0 Å². The quantitative estimate of drug-likeness (QED) is 0.502. The minimum atomic E-state index is -0.473. The molecule has 0 aromatic carbocycles. The fraction of sp³-hybridized carbons (Fsp3) is 1.00. The van der Waals surface area contributed by atoms with Crippen LogP contribution in [0.15, 0.2) is 0 Å². The van der Waals surface area contributed by atoms with Crippen LogP contribution in [-0.4, -0.2) is 22.4 Å². The largest absolute Gasteiger partial charge is 0.390 e. The van der Waals surface area contributed by atoms with Crippen molar-refractivity contribution in [2.45, 2.75) is 38.4 Å². The summed E-state index contributed by atoms with van der Waals surface area (Å²) in [5.41, 5.74) is 0. The van der Waals surface area contributed by atoms with Crippen molar-refractivity contribution in [1.29, 1.82) is 0 Å². The first-order valence-electron chi connectivity index (χ1n) is 3.58. The van der Waals surface area contributed by atoms with Crippen LogP contribution in [0.5, 0.6) is 0 Å². The molecule has 0 saturated heterocycles. The highest BCUT2D eigenvalue weighted by Crippen LogP contribution is 2.23. The van der Waals surface area contributed by atoms with Crippen molar-refractivity contribution in [3.63, 3.8) is 0 Å². The fourth-order valence-electron chi connectivity index (χ4n) is 1.37. The fourth-order valence-corrected chi connectivity index (χ4v) is 1.37. The predicted molar refractivity (Wildman–Crippen MR) is 35.0 cm³/mol. The molecule has 0 radical (unpaired) electrons. The Kier molecular flexibility index (Phi) is 2.09. The molecule has 2 nitrogen and oxygen atoms in total. The third kappa shape index (κ3) is 1.43. The van der Waals surface area contributed by atoms with Crippen LogP contribution < -0.4 is 0 Å². The topological polar surface area (TPSA) is 40.5 Å². The molecule has 9 heavy (non-hydrogen) atoms. The van der Waals surface area contributed by atoms with Gasteiger partial charge in [-0.1, -0.05) is 13.3 Å². The molecular formula is C7H14O2. The van der Waals surface area contributed by atoms with Gasteiger partial charge >= 0.3 is 0 Å². The summed E-state index contributed by atoms with van der Waals surface area (Å²) in [6.45, 7) is 1.98. The molecule has 0 spiro atoms. The summed E-state index contributed by atoms with van der Waals surface area (Å²) in [5.74, 6) is 0.286. The summed E-state index contributed by atoms with van der Waals surface area (Å²) in [4.78, 5) is 0. The van der Waals surface area contributed by atoms with Crippen LogP contribution in [0.2, 0.25) is 0 Å². The molecule has 0 aromatic rings. The second-order valence-electron chi connectivity index (χ2n) is 2.97. The van der Waals surface area contributed by atoms with Gasteiger partial charge in [0, 0.05) is 0 Å². The molecule has 0 heterocycles. The molecule has 3 atom stereocenters. The van der Waals surface area contributed by atoms with Crippen molar-refractivity contribution >= 4 is 0 Å². The van der Waals surface area contributed by atoms with E-state index in [0.29, 0.717) is 0 Å². The highest BCUT2D eigenvalue weighted by Gasteiger charge is 2.26.